The molecule has 1 fully saturated rings. The Morgan fingerprint density at radius 3 is 2.86 bits per heavy atom. The monoisotopic (exact) mass is 514 g/mol. The highest BCUT2D eigenvalue weighted by Crippen LogP contribution is 2.50. The van der Waals surface area contributed by atoms with Crippen LogP contribution in [0, 0.1) is 11.7 Å². The lowest BCUT2D eigenvalue weighted by molar-refractivity contribution is -0.118. The highest BCUT2D eigenvalue weighted by atomic mass is 35.5. The average Bonchev–Trinajstić information content (AvgIpc) is 2.81. The average molecular weight is 515 g/mol. The molecule has 1 amide bonds. The first-order valence-corrected chi connectivity index (χ1v) is 12.5. The van der Waals surface area contributed by atoms with Gasteiger partial charge in [-0.2, -0.15) is 0 Å². The number of carbonyl (C=O) groups is 2. The summed E-state index contributed by atoms with van der Waals surface area (Å²) in [5.41, 5.74) is 2.12. The van der Waals surface area contributed by atoms with E-state index in [1.54, 1.807) is 6.07 Å². The van der Waals surface area contributed by atoms with Crippen molar-refractivity contribution in [1.29, 1.82) is 0 Å². The summed E-state index contributed by atoms with van der Waals surface area (Å²) in [7, 11) is 0. The molecule has 2 atom stereocenters. The summed E-state index contributed by atoms with van der Waals surface area (Å²) in [6.07, 6.45) is 7.31. The first-order valence-electron chi connectivity index (χ1n) is 11.8. The molecule has 2 heterocycles. The molecule has 0 radical (unpaired) electrons. The number of halogens is 3. The second-order valence-corrected chi connectivity index (χ2v) is 10.2. The van der Waals surface area contributed by atoms with Gasteiger partial charge < -0.3 is 10.1 Å². The van der Waals surface area contributed by atoms with Gasteiger partial charge >= 0.3 is 6.09 Å². The Morgan fingerprint density at radius 1 is 1.17 bits per heavy atom. The molecule has 1 saturated carbocycles. The SMILES string of the molecule is O=C1Nc2ccc(Cl)c(F)c2[C@@]2(CCCC(CC(=O)C3=CCC=C(Cc4cccc(Cl)c4)N3)C2)O1. The molecule has 2 aliphatic heterocycles. The number of hydrogen-bond acceptors (Lipinski definition) is 4. The molecule has 2 N–H and O–H groups in total. The lowest BCUT2D eigenvalue weighted by Gasteiger charge is -2.44. The van der Waals surface area contributed by atoms with Crippen LogP contribution in [0.5, 0.6) is 0 Å². The molecule has 0 aromatic heterocycles. The van der Waals surface area contributed by atoms with Gasteiger partial charge in [-0.3, -0.25) is 10.1 Å². The number of nitrogens with one attached hydrogen (secondary N) is 2. The van der Waals surface area contributed by atoms with Crippen molar-refractivity contribution < 1.29 is 18.7 Å². The van der Waals surface area contributed by atoms with Crippen LogP contribution in [0.15, 0.2) is 59.9 Å². The maximum absolute atomic E-state index is 15.1. The van der Waals surface area contributed by atoms with Gasteiger partial charge in [0.25, 0.3) is 0 Å². The van der Waals surface area contributed by atoms with Gasteiger partial charge in [0, 0.05) is 23.6 Å². The van der Waals surface area contributed by atoms with Crippen molar-refractivity contribution in [3.63, 3.8) is 0 Å². The first kappa shape index (κ1) is 23.9. The fraction of sp³-hybridized carbons (Fsp3) is 0.333. The van der Waals surface area contributed by atoms with Crippen molar-refractivity contribution in [2.75, 3.05) is 5.32 Å². The molecule has 1 unspecified atom stereocenters. The second kappa shape index (κ2) is 9.67. The minimum Gasteiger partial charge on any atom is -0.438 e. The summed E-state index contributed by atoms with van der Waals surface area (Å²) >= 11 is 12.2. The molecule has 0 saturated heterocycles. The van der Waals surface area contributed by atoms with Gasteiger partial charge in [0.1, 0.15) is 5.60 Å². The number of anilines is 1. The van der Waals surface area contributed by atoms with E-state index in [9.17, 15) is 9.59 Å². The van der Waals surface area contributed by atoms with Gasteiger partial charge in [-0.05, 0) is 67.9 Å². The van der Waals surface area contributed by atoms with E-state index in [-0.39, 0.29) is 28.7 Å². The number of carbonyl (C=O) groups excluding carboxylic acids is 2. The molecule has 5 rings (SSSR count). The predicted octanol–water partition coefficient (Wildman–Crippen LogP) is 7.04. The summed E-state index contributed by atoms with van der Waals surface area (Å²) in [5.74, 6) is -0.641. The topological polar surface area (TPSA) is 67.4 Å². The summed E-state index contributed by atoms with van der Waals surface area (Å²) in [5, 5.41) is 6.51. The molecule has 0 bridgehead atoms. The number of ether oxygens (including phenoxy) is 1. The van der Waals surface area contributed by atoms with Crippen molar-refractivity contribution >= 4 is 40.8 Å². The van der Waals surface area contributed by atoms with Crippen molar-refractivity contribution in [2.24, 2.45) is 5.92 Å². The number of benzene rings is 2. The number of fused-ring (bicyclic) bond motifs is 2. The normalized spacial score (nSPS) is 23.4. The first-order chi connectivity index (χ1) is 16.8. The molecule has 1 spiro atoms. The maximum atomic E-state index is 15.1. The maximum Gasteiger partial charge on any atom is 0.412 e. The number of Topliss-reactive ketones (excluding diaryl/α,β-unsaturated/α-hetero) is 1. The Hall–Kier alpha value is -2.83. The Morgan fingerprint density at radius 2 is 2.03 bits per heavy atom. The third-order valence-corrected chi connectivity index (χ3v) is 7.45. The molecule has 1 aliphatic carbocycles. The lowest BCUT2D eigenvalue weighted by atomic mass is 9.71. The Labute approximate surface area is 213 Å². The van der Waals surface area contributed by atoms with E-state index in [4.69, 9.17) is 27.9 Å². The molecule has 182 valence electrons. The molecular formula is C27H25Cl2FN2O3. The van der Waals surface area contributed by atoms with E-state index < -0.39 is 17.5 Å². The fourth-order valence-corrected chi connectivity index (χ4v) is 5.81. The molecule has 2 aromatic rings. The third kappa shape index (κ3) is 4.95. The van der Waals surface area contributed by atoms with E-state index in [0.29, 0.717) is 48.5 Å². The van der Waals surface area contributed by atoms with Crippen LogP contribution in [0.4, 0.5) is 14.9 Å². The summed E-state index contributed by atoms with van der Waals surface area (Å²) < 4.78 is 20.8. The van der Waals surface area contributed by atoms with Gasteiger partial charge in [0.2, 0.25) is 0 Å². The lowest BCUT2D eigenvalue weighted by Crippen LogP contribution is -2.44. The Bertz CT molecular complexity index is 1260. The van der Waals surface area contributed by atoms with Crippen LogP contribution < -0.4 is 10.6 Å². The minimum absolute atomic E-state index is 0.00389. The molecule has 2 aromatic carbocycles. The van der Waals surface area contributed by atoms with Crippen molar-refractivity contribution in [1.82, 2.24) is 5.32 Å². The molecule has 3 aliphatic rings. The molecule has 5 nitrogen and oxygen atoms in total. The number of allylic oxidation sites excluding steroid dienone is 4. The van der Waals surface area contributed by atoms with Crippen molar-refractivity contribution in [3.05, 3.63) is 86.9 Å². The number of hydrogen-bond donors (Lipinski definition) is 2. The predicted molar refractivity (Wildman–Crippen MR) is 134 cm³/mol. The number of amides is 1. The van der Waals surface area contributed by atoms with Gasteiger partial charge in [0.15, 0.2) is 11.6 Å². The van der Waals surface area contributed by atoms with E-state index in [2.05, 4.69) is 16.7 Å². The Balaban J connectivity index is 1.29. The van der Waals surface area contributed by atoms with Gasteiger partial charge in [-0.25, -0.2) is 9.18 Å². The summed E-state index contributed by atoms with van der Waals surface area (Å²) in [6.45, 7) is 0. The highest BCUT2D eigenvalue weighted by Gasteiger charge is 2.48. The molecular weight excluding hydrogens is 490 g/mol. The van der Waals surface area contributed by atoms with Gasteiger partial charge in [0.05, 0.1) is 22.0 Å². The van der Waals surface area contributed by atoms with Crippen LogP contribution >= 0.6 is 23.2 Å². The summed E-state index contributed by atoms with van der Waals surface area (Å²) in [4.78, 5) is 25.5. The molecule has 35 heavy (non-hydrogen) atoms. The van der Waals surface area contributed by atoms with Crippen LogP contribution in [-0.4, -0.2) is 11.9 Å². The van der Waals surface area contributed by atoms with Gasteiger partial charge in [-0.15, -0.1) is 0 Å². The van der Waals surface area contributed by atoms with Crippen molar-refractivity contribution in [2.45, 2.75) is 50.5 Å². The zero-order valence-electron chi connectivity index (χ0n) is 19.0. The highest BCUT2D eigenvalue weighted by molar-refractivity contribution is 6.31. The zero-order valence-corrected chi connectivity index (χ0v) is 20.5. The quantitative estimate of drug-likeness (QED) is 0.448. The second-order valence-electron chi connectivity index (χ2n) is 9.40. The van der Waals surface area contributed by atoms with Crippen LogP contribution in [0.1, 0.15) is 49.7 Å². The van der Waals surface area contributed by atoms with Crippen LogP contribution in [0.25, 0.3) is 0 Å². The van der Waals surface area contributed by atoms with Crippen LogP contribution in [0.2, 0.25) is 10.0 Å². The Kier molecular flexibility index (Phi) is 6.60. The smallest absolute Gasteiger partial charge is 0.412 e. The van der Waals surface area contributed by atoms with Crippen LogP contribution in [-0.2, 0) is 21.6 Å². The van der Waals surface area contributed by atoms with E-state index >= 15 is 4.39 Å². The number of rotatable bonds is 5. The van der Waals surface area contributed by atoms with Gasteiger partial charge in [-0.1, -0.05) is 47.5 Å². The fourth-order valence-electron chi connectivity index (χ4n) is 5.44. The standard InChI is InChI=1S/C27H25Cl2FN2O3/c28-18-6-1-4-16(12-18)13-19-7-2-8-21(31-19)23(33)14-17-5-3-11-27(15-17)24-22(32-26(34)35-27)10-9-20(29)25(24)30/h1,4,6-10,12,17,31H,2-3,5,11,13-15H2,(H,32,34)/t17?,27-/m0/s1. The van der Waals surface area contributed by atoms with Crippen molar-refractivity contribution in [3.8, 4) is 0 Å². The minimum atomic E-state index is -1.12. The molecule has 8 heteroatoms. The summed E-state index contributed by atoms with van der Waals surface area (Å²) in [6, 6.07) is 10.7. The largest absolute Gasteiger partial charge is 0.438 e. The number of ketones is 1. The van der Waals surface area contributed by atoms with E-state index in [0.717, 1.165) is 17.7 Å². The number of dihydropyridines is 1. The van der Waals surface area contributed by atoms with E-state index in [1.165, 1.54) is 6.07 Å². The third-order valence-electron chi connectivity index (χ3n) is 6.93. The van der Waals surface area contributed by atoms with E-state index in [1.807, 2.05) is 30.3 Å². The van der Waals surface area contributed by atoms with Crippen LogP contribution in [0.3, 0.4) is 0 Å². The zero-order chi connectivity index (χ0) is 24.6.